The van der Waals surface area contributed by atoms with Crippen molar-refractivity contribution >= 4 is 0 Å². The maximum absolute atomic E-state index is 11.6. The molecule has 0 saturated carbocycles. The molecule has 0 atom stereocenters. The highest BCUT2D eigenvalue weighted by atomic mass is 19.4. The van der Waals surface area contributed by atoms with Gasteiger partial charge in [-0.15, -0.1) is 13.2 Å². The molecular weight excluding hydrogens is 247 g/mol. The van der Waals surface area contributed by atoms with Crippen molar-refractivity contribution in [2.24, 2.45) is 0 Å². The van der Waals surface area contributed by atoms with Crippen LogP contribution in [0.2, 0.25) is 0 Å². The van der Waals surface area contributed by atoms with Crippen LogP contribution in [0.5, 0.6) is 5.75 Å². The van der Waals surface area contributed by atoms with E-state index in [0.717, 1.165) is 17.7 Å². The van der Waals surface area contributed by atoms with Gasteiger partial charge in [-0.1, -0.05) is 12.1 Å². The number of benzene rings is 1. The van der Waals surface area contributed by atoms with Crippen LogP contribution in [0, 0.1) is 0 Å². The fourth-order valence-electron chi connectivity index (χ4n) is 1.39. The summed E-state index contributed by atoms with van der Waals surface area (Å²) < 4.78 is 43.6. The van der Waals surface area contributed by atoms with Gasteiger partial charge < -0.3 is 10.1 Å². The first kappa shape index (κ1) is 14.8. The van der Waals surface area contributed by atoms with Crippen molar-refractivity contribution in [2.75, 3.05) is 26.8 Å². The van der Waals surface area contributed by atoms with Gasteiger partial charge in [-0.2, -0.15) is 0 Å². The summed E-state index contributed by atoms with van der Waals surface area (Å²) >= 11 is 0. The zero-order valence-corrected chi connectivity index (χ0v) is 10.1. The molecule has 0 fully saturated rings. The van der Waals surface area contributed by atoms with Crippen molar-refractivity contribution in [3.8, 4) is 5.75 Å². The summed E-state index contributed by atoms with van der Waals surface area (Å²) in [7, 11) is 1.59. The SMILES string of the molecule is COc1ccc(CCNCCOC(F)(F)F)cc1. The normalized spacial score (nSPS) is 11.6. The van der Waals surface area contributed by atoms with E-state index >= 15 is 0 Å². The minimum atomic E-state index is -4.54. The summed E-state index contributed by atoms with van der Waals surface area (Å²) in [5.41, 5.74) is 1.10. The second kappa shape index (κ2) is 7.23. The van der Waals surface area contributed by atoms with Gasteiger partial charge in [0, 0.05) is 6.54 Å². The first-order valence-corrected chi connectivity index (χ1v) is 5.55. The van der Waals surface area contributed by atoms with Gasteiger partial charge in [0.2, 0.25) is 0 Å². The Morgan fingerprint density at radius 2 is 1.78 bits per heavy atom. The van der Waals surface area contributed by atoms with Gasteiger partial charge in [-0.05, 0) is 30.7 Å². The van der Waals surface area contributed by atoms with E-state index in [1.54, 1.807) is 7.11 Å². The van der Waals surface area contributed by atoms with Crippen molar-refractivity contribution in [3.05, 3.63) is 29.8 Å². The molecule has 18 heavy (non-hydrogen) atoms. The molecular formula is C12H16F3NO2. The van der Waals surface area contributed by atoms with Gasteiger partial charge in [0.25, 0.3) is 0 Å². The molecule has 1 aromatic rings. The molecule has 102 valence electrons. The Kier molecular flexibility index (Phi) is 5.94. The van der Waals surface area contributed by atoms with Crippen molar-refractivity contribution in [2.45, 2.75) is 12.8 Å². The maximum Gasteiger partial charge on any atom is 0.522 e. The Balaban J connectivity index is 2.10. The van der Waals surface area contributed by atoms with Crippen LogP contribution >= 0.6 is 0 Å². The highest BCUT2D eigenvalue weighted by Gasteiger charge is 2.28. The lowest BCUT2D eigenvalue weighted by atomic mass is 10.1. The summed E-state index contributed by atoms with van der Waals surface area (Å²) in [5.74, 6) is 0.783. The van der Waals surface area contributed by atoms with E-state index in [9.17, 15) is 13.2 Å². The van der Waals surface area contributed by atoms with Gasteiger partial charge in [0.1, 0.15) is 5.75 Å². The molecule has 0 heterocycles. The molecule has 3 nitrogen and oxygen atoms in total. The molecule has 1 N–H and O–H groups in total. The van der Waals surface area contributed by atoms with Gasteiger partial charge in [0.05, 0.1) is 13.7 Å². The Hall–Kier alpha value is -1.27. The Morgan fingerprint density at radius 1 is 1.11 bits per heavy atom. The van der Waals surface area contributed by atoms with Crippen LogP contribution in [0.25, 0.3) is 0 Å². The number of hydrogen-bond donors (Lipinski definition) is 1. The average molecular weight is 263 g/mol. The summed E-state index contributed by atoms with van der Waals surface area (Å²) in [6, 6.07) is 7.55. The number of alkyl halides is 3. The Labute approximate surface area is 104 Å². The van der Waals surface area contributed by atoms with Crippen molar-refractivity contribution in [1.29, 1.82) is 0 Å². The third-order valence-corrected chi connectivity index (χ3v) is 2.29. The molecule has 0 aliphatic heterocycles. The molecule has 0 aliphatic rings. The second-order valence-corrected chi connectivity index (χ2v) is 3.64. The van der Waals surface area contributed by atoms with Gasteiger partial charge >= 0.3 is 6.36 Å². The Morgan fingerprint density at radius 3 is 2.33 bits per heavy atom. The highest BCUT2D eigenvalue weighted by molar-refractivity contribution is 5.27. The van der Waals surface area contributed by atoms with Crippen LogP contribution in [0.1, 0.15) is 5.56 Å². The fourth-order valence-corrected chi connectivity index (χ4v) is 1.39. The smallest absolute Gasteiger partial charge is 0.497 e. The van der Waals surface area contributed by atoms with E-state index in [4.69, 9.17) is 4.74 Å². The van der Waals surface area contributed by atoms with Crippen molar-refractivity contribution < 1.29 is 22.6 Å². The predicted octanol–water partition coefficient (Wildman–Crippen LogP) is 2.36. The van der Waals surface area contributed by atoms with Gasteiger partial charge in [0.15, 0.2) is 0 Å². The molecule has 0 saturated heterocycles. The standard InChI is InChI=1S/C12H16F3NO2/c1-17-11-4-2-10(3-5-11)6-7-16-8-9-18-12(13,14)15/h2-5,16H,6-9H2,1H3. The molecule has 0 radical (unpaired) electrons. The first-order valence-electron chi connectivity index (χ1n) is 5.55. The van der Waals surface area contributed by atoms with Crippen LogP contribution in [0.3, 0.4) is 0 Å². The lowest BCUT2D eigenvalue weighted by Gasteiger charge is -2.08. The summed E-state index contributed by atoms with van der Waals surface area (Å²) in [6.07, 6.45) is -3.80. The number of ether oxygens (including phenoxy) is 2. The molecule has 0 spiro atoms. The zero-order valence-electron chi connectivity index (χ0n) is 10.1. The third kappa shape index (κ3) is 6.46. The van der Waals surface area contributed by atoms with E-state index in [-0.39, 0.29) is 13.2 Å². The number of halogens is 3. The van der Waals surface area contributed by atoms with Gasteiger partial charge in [-0.25, -0.2) is 0 Å². The number of hydrogen-bond acceptors (Lipinski definition) is 3. The monoisotopic (exact) mass is 263 g/mol. The highest BCUT2D eigenvalue weighted by Crippen LogP contribution is 2.15. The van der Waals surface area contributed by atoms with Crippen LogP contribution < -0.4 is 10.1 Å². The van der Waals surface area contributed by atoms with E-state index in [0.29, 0.717) is 6.54 Å². The molecule has 0 bridgehead atoms. The molecule has 1 aromatic carbocycles. The fraction of sp³-hybridized carbons (Fsp3) is 0.500. The minimum Gasteiger partial charge on any atom is -0.497 e. The lowest BCUT2D eigenvalue weighted by molar-refractivity contribution is -0.323. The van der Waals surface area contributed by atoms with Crippen molar-refractivity contribution in [1.82, 2.24) is 5.32 Å². The van der Waals surface area contributed by atoms with Gasteiger partial charge in [-0.3, -0.25) is 4.74 Å². The third-order valence-electron chi connectivity index (χ3n) is 2.29. The number of methoxy groups -OCH3 is 1. The quantitative estimate of drug-likeness (QED) is 0.766. The molecule has 6 heteroatoms. The molecule has 0 aliphatic carbocycles. The molecule has 0 amide bonds. The summed E-state index contributed by atoms with van der Waals surface area (Å²) in [4.78, 5) is 0. The second-order valence-electron chi connectivity index (χ2n) is 3.64. The van der Waals surface area contributed by atoms with Crippen LogP contribution in [-0.2, 0) is 11.2 Å². The first-order chi connectivity index (χ1) is 8.51. The zero-order chi connectivity index (χ0) is 13.4. The minimum absolute atomic E-state index is 0.176. The number of nitrogens with one attached hydrogen (secondary N) is 1. The van der Waals surface area contributed by atoms with Crippen molar-refractivity contribution in [3.63, 3.8) is 0 Å². The molecule has 0 aromatic heterocycles. The predicted molar refractivity (Wildman–Crippen MR) is 61.6 cm³/mol. The molecule has 1 rings (SSSR count). The number of rotatable bonds is 7. The Bertz CT molecular complexity index is 338. The van der Waals surface area contributed by atoms with Crippen LogP contribution in [-0.4, -0.2) is 33.2 Å². The van der Waals surface area contributed by atoms with Crippen LogP contribution in [0.15, 0.2) is 24.3 Å². The van der Waals surface area contributed by atoms with E-state index < -0.39 is 6.36 Å². The summed E-state index contributed by atoms with van der Waals surface area (Å²) in [5, 5.41) is 2.88. The average Bonchev–Trinajstić information content (AvgIpc) is 2.33. The van der Waals surface area contributed by atoms with Crippen LogP contribution in [0.4, 0.5) is 13.2 Å². The van der Waals surface area contributed by atoms with E-state index in [1.807, 2.05) is 24.3 Å². The summed E-state index contributed by atoms with van der Waals surface area (Å²) in [6.45, 7) is 0.412. The van der Waals surface area contributed by atoms with E-state index in [1.165, 1.54) is 0 Å². The topological polar surface area (TPSA) is 30.5 Å². The maximum atomic E-state index is 11.6. The van der Waals surface area contributed by atoms with E-state index in [2.05, 4.69) is 10.1 Å². The largest absolute Gasteiger partial charge is 0.522 e. The molecule has 0 unspecified atom stereocenters. The lowest BCUT2D eigenvalue weighted by Crippen LogP contribution is -2.25.